The molecule has 1 aliphatic rings. The Labute approximate surface area is 97.7 Å². The highest BCUT2D eigenvalue weighted by atomic mass is 16.6. The third-order valence-corrected chi connectivity index (χ3v) is 2.83. The van der Waals surface area contributed by atoms with Crippen molar-refractivity contribution in [2.45, 2.75) is 6.42 Å². The lowest BCUT2D eigenvalue weighted by Gasteiger charge is -2.07. The monoisotopic (exact) mass is 238 g/mol. The van der Waals surface area contributed by atoms with Gasteiger partial charge in [-0.25, -0.2) is 4.98 Å². The van der Waals surface area contributed by atoms with Crippen molar-refractivity contribution in [2.75, 3.05) is 19.6 Å². The van der Waals surface area contributed by atoms with E-state index in [0.29, 0.717) is 12.5 Å². The fourth-order valence-electron chi connectivity index (χ4n) is 1.84. The van der Waals surface area contributed by atoms with Crippen molar-refractivity contribution in [1.82, 2.24) is 15.6 Å². The molecule has 0 saturated carbocycles. The Morgan fingerprint density at radius 3 is 3.00 bits per heavy atom. The molecule has 3 N–H and O–H groups in total. The number of hydrogen-bond donors (Lipinski definition) is 3. The van der Waals surface area contributed by atoms with Gasteiger partial charge >= 0.3 is 5.82 Å². The molecule has 0 aromatic carbocycles. The zero-order valence-corrected chi connectivity index (χ0v) is 9.23. The van der Waals surface area contributed by atoms with Crippen LogP contribution < -0.4 is 10.6 Å². The summed E-state index contributed by atoms with van der Waals surface area (Å²) in [6, 6.07) is 2.70. The lowest BCUT2D eigenvalue weighted by Crippen LogP contribution is -2.30. The van der Waals surface area contributed by atoms with Crippen molar-refractivity contribution in [3.05, 3.63) is 27.9 Å². The van der Waals surface area contributed by atoms with Crippen LogP contribution >= 0.6 is 0 Å². The average molecular weight is 238 g/mol. The number of hydrogen-bond acceptors (Lipinski definition) is 4. The van der Waals surface area contributed by atoms with Crippen molar-refractivity contribution in [3.63, 3.8) is 0 Å². The van der Waals surface area contributed by atoms with E-state index in [-0.39, 0.29) is 17.4 Å². The molecule has 7 nitrogen and oxygen atoms in total. The highest BCUT2D eigenvalue weighted by Gasteiger charge is 2.18. The number of carbonyl (C=O) groups excluding carboxylic acids is 1. The first kappa shape index (κ1) is 11.6. The molecule has 1 unspecified atom stereocenters. The van der Waals surface area contributed by atoms with Crippen molar-refractivity contribution in [3.8, 4) is 0 Å². The molecule has 0 radical (unpaired) electrons. The van der Waals surface area contributed by atoms with Crippen molar-refractivity contribution >= 4 is 11.7 Å². The lowest BCUT2D eigenvalue weighted by molar-refractivity contribution is -0.389. The molecule has 2 rings (SSSR count). The van der Waals surface area contributed by atoms with Crippen molar-refractivity contribution < 1.29 is 9.72 Å². The van der Waals surface area contributed by atoms with Gasteiger partial charge in [-0.15, -0.1) is 0 Å². The molecule has 1 atom stereocenters. The van der Waals surface area contributed by atoms with Crippen LogP contribution in [-0.2, 0) is 0 Å². The minimum Gasteiger partial charge on any atom is -0.358 e. The summed E-state index contributed by atoms with van der Waals surface area (Å²) in [5.41, 5.74) is 0.225. The number of nitrogens with zero attached hydrogens (tertiary/aromatic N) is 1. The highest BCUT2D eigenvalue weighted by Crippen LogP contribution is 2.10. The second-order valence-electron chi connectivity index (χ2n) is 4.08. The molecule has 1 aliphatic heterocycles. The van der Waals surface area contributed by atoms with E-state index in [4.69, 9.17) is 0 Å². The third kappa shape index (κ3) is 2.82. The number of rotatable bonds is 4. The molecule has 0 spiro atoms. The van der Waals surface area contributed by atoms with Crippen LogP contribution in [0.4, 0.5) is 5.82 Å². The van der Waals surface area contributed by atoms with Gasteiger partial charge in [0.15, 0.2) is 5.69 Å². The molecular weight excluding hydrogens is 224 g/mol. The maximum Gasteiger partial charge on any atom is 0.321 e. The van der Waals surface area contributed by atoms with Gasteiger partial charge in [0.25, 0.3) is 5.91 Å². The first-order chi connectivity index (χ1) is 8.16. The van der Waals surface area contributed by atoms with Gasteiger partial charge in [-0.3, -0.25) is 4.79 Å². The van der Waals surface area contributed by atoms with Gasteiger partial charge in [-0.2, -0.15) is 0 Å². The van der Waals surface area contributed by atoms with Crippen LogP contribution in [0.3, 0.4) is 0 Å². The molecule has 1 saturated heterocycles. The molecule has 92 valence electrons. The average Bonchev–Trinajstić information content (AvgIpc) is 2.96. The lowest BCUT2D eigenvalue weighted by atomic mass is 10.1. The number of aromatic nitrogens is 1. The molecule has 0 aliphatic carbocycles. The Bertz CT molecular complexity index is 423. The predicted molar refractivity (Wildman–Crippen MR) is 60.8 cm³/mol. The molecule has 1 amide bonds. The van der Waals surface area contributed by atoms with E-state index in [2.05, 4.69) is 15.6 Å². The quantitative estimate of drug-likeness (QED) is 0.517. The summed E-state index contributed by atoms with van der Waals surface area (Å²) in [5, 5.41) is 16.4. The highest BCUT2D eigenvalue weighted by molar-refractivity contribution is 5.92. The van der Waals surface area contributed by atoms with E-state index >= 15 is 0 Å². The standard InChI is InChI=1S/C10H14N4O3/c15-10(12-6-7-3-4-11-5-7)8-1-2-9(13-8)14(16)17/h1-2,7,11,13H,3-6H2,(H,12,15). The SMILES string of the molecule is O=C(NCC1CCNC1)c1ccc([N+](=O)[O-])[nH]1. The smallest absolute Gasteiger partial charge is 0.321 e. The number of amides is 1. The molecular formula is C10H14N4O3. The Morgan fingerprint density at radius 1 is 1.59 bits per heavy atom. The Morgan fingerprint density at radius 2 is 2.41 bits per heavy atom. The Hall–Kier alpha value is -1.89. The van der Waals surface area contributed by atoms with Gasteiger partial charge < -0.3 is 20.7 Å². The second kappa shape index (κ2) is 4.96. The van der Waals surface area contributed by atoms with Crippen molar-refractivity contribution in [1.29, 1.82) is 0 Å². The molecule has 1 aromatic rings. The minimum absolute atomic E-state index is 0.169. The summed E-state index contributed by atoms with van der Waals surface area (Å²) in [7, 11) is 0. The van der Waals surface area contributed by atoms with Crippen molar-refractivity contribution in [2.24, 2.45) is 5.92 Å². The summed E-state index contributed by atoms with van der Waals surface area (Å²) >= 11 is 0. The second-order valence-corrected chi connectivity index (χ2v) is 4.08. The predicted octanol–water partition coefficient (Wildman–Crippen LogP) is 0.262. The molecule has 17 heavy (non-hydrogen) atoms. The molecule has 1 aromatic heterocycles. The summed E-state index contributed by atoms with van der Waals surface area (Å²) < 4.78 is 0. The van der Waals surface area contributed by atoms with E-state index in [9.17, 15) is 14.9 Å². The van der Waals surface area contributed by atoms with Gasteiger partial charge in [0, 0.05) is 12.6 Å². The number of carbonyl (C=O) groups is 1. The minimum atomic E-state index is -0.558. The molecule has 7 heteroatoms. The fourth-order valence-corrected chi connectivity index (χ4v) is 1.84. The zero-order chi connectivity index (χ0) is 12.3. The maximum absolute atomic E-state index is 11.7. The Kier molecular flexibility index (Phi) is 3.38. The topological polar surface area (TPSA) is 100 Å². The summed E-state index contributed by atoms with van der Waals surface area (Å²) in [6.07, 6.45) is 1.05. The van der Waals surface area contributed by atoms with Gasteiger partial charge in [0.1, 0.15) is 0 Å². The van der Waals surface area contributed by atoms with E-state index in [1.54, 1.807) is 0 Å². The number of H-pyrrole nitrogens is 1. The number of aromatic amines is 1. The van der Waals surface area contributed by atoms with Crippen LogP contribution in [0.25, 0.3) is 0 Å². The van der Waals surface area contributed by atoms with Crippen LogP contribution in [0.2, 0.25) is 0 Å². The van der Waals surface area contributed by atoms with Crippen LogP contribution in [0, 0.1) is 16.0 Å². The number of nitro groups is 1. The van der Waals surface area contributed by atoms with Gasteiger partial charge in [-0.1, -0.05) is 0 Å². The first-order valence-corrected chi connectivity index (χ1v) is 5.49. The van der Waals surface area contributed by atoms with Crippen LogP contribution in [0.5, 0.6) is 0 Å². The number of nitrogens with one attached hydrogen (secondary N) is 3. The summed E-state index contributed by atoms with van der Waals surface area (Å²) in [6.45, 7) is 2.48. The Balaban J connectivity index is 1.87. The summed E-state index contributed by atoms with van der Waals surface area (Å²) in [4.78, 5) is 24.0. The van der Waals surface area contributed by atoms with E-state index < -0.39 is 4.92 Å². The zero-order valence-electron chi connectivity index (χ0n) is 9.23. The van der Waals surface area contributed by atoms with Crippen LogP contribution in [0.15, 0.2) is 12.1 Å². The summed E-state index contributed by atoms with van der Waals surface area (Å²) in [5.74, 6) is -0.0217. The van der Waals surface area contributed by atoms with Gasteiger partial charge in [0.05, 0.1) is 0 Å². The fraction of sp³-hybridized carbons (Fsp3) is 0.500. The first-order valence-electron chi connectivity index (χ1n) is 5.49. The molecule has 0 bridgehead atoms. The van der Waals surface area contributed by atoms with E-state index in [1.807, 2.05) is 0 Å². The van der Waals surface area contributed by atoms with Crippen LogP contribution in [0.1, 0.15) is 16.9 Å². The van der Waals surface area contributed by atoms with E-state index in [0.717, 1.165) is 19.5 Å². The largest absolute Gasteiger partial charge is 0.358 e. The normalized spacial score (nSPS) is 19.2. The van der Waals surface area contributed by atoms with Gasteiger partial charge in [0.2, 0.25) is 0 Å². The third-order valence-electron chi connectivity index (χ3n) is 2.83. The molecule has 2 heterocycles. The molecule has 1 fully saturated rings. The van der Waals surface area contributed by atoms with Crippen LogP contribution in [-0.4, -0.2) is 35.4 Å². The van der Waals surface area contributed by atoms with Gasteiger partial charge in [-0.05, 0) is 36.4 Å². The van der Waals surface area contributed by atoms with E-state index in [1.165, 1.54) is 12.1 Å². The maximum atomic E-state index is 11.7.